The Labute approximate surface area is 168 Å². The van der Waals surface area contributed by atoms with Crippen molar-refractivity contribution < 1.29 is 18.7 Å². The van der Waals surface area contributed by atoms with Gasteiger partial charge >= 0.3 is 0 Å². The number of halogens is 1. The van der Waals surface area contributed by atoms with Gasteiger partial charge in [0.2, 0.25) is 5.91 Å². The van der Waals surface area contributed by atoms with Crippen LogP contribution >= 0.6 is 0 Å². The molecular weight excluding hydrogens is 371 g/mol. The zero-order valence-corrected chi connectivity index (χ0v) is 15.8. The monoisotopic (exact) mass is 392 g/mol. The maximum absolute atomic E-state index is 13.0. The molecule has 3 rings (SSSR count). The molecule has 148 valence electrons. The summed E-state index contributed by atoms with van der Waals surface area (Å²) in [5, 5.41) is 0. The molecule has 0 aromatic heterocycles. The van der Waals surface area contributed by atoms with E-state index in [1.165, 1.54) is 31.2 Å². The van der Waals surface area contributed by atoms with Crippen molar-refractivity contribution in [3.05, 3.63) is 102 Å². The normalized spacial score (nSPS) is 11.6. The van der Waals surface area contributed by atoms with E-state index < -0.39 is 23.7 Å². The van der Waals surface area contributed by atoms with E-state index in [9.17, 15) is 14.0 Å². The molecule has 0 aliphatic heterocycles. The van der Waals surface area contributed by atoms with E-state index in [0.717, 1.165) is 11.1 Å². The second-order valence-electron chi connectivity index (χ2n) is 6.45. The molecule has 0 unspecified atom stereocenters. The molecule has 3 aromatic carbocycles. The van der Waals surface area contributed by atoms with Gasteiger partial charge in [0, 0.05) is 0 Å². The zero-order valence-electron chi connectivity index (χ0n) is 15.8. The predicted octanol–water partition coefficient (Wildman–Crippen LogP) is 3.57. The molecule has 0 radical (unpaired) electrons. The predicted molar refractivity (Wildman–Crippen MR) is 108 cm³/mol. The second-order valence-corrected chi connectivity index (χ2v) is 6.45. The molecule has 0 saturated heterocycles. The van der Waals surface area contributed by atoms with E-state index in [1.54, 1.807) is 0 Å². The van der Waals surface area contributed by atoms with Gasteiger partial charge in [-0.15, -0.1) is 0 Å². The first-order valence-electron chi connectivity index (χ1n) is 9.16. The summed E-state index contributed by atoms with van der Waals surface area (Å²) in [6.07, 6.45) is -0.882. The SMILES string of the molecule is C[C@@H](Oc1ccc(F)cc1)C(=O)NNC(=O)C(c1ccccc1)c1ccccc1. The lowest BCUT2D eigenvalue weighted by Crippen LogP contribution is -2.48. The Bertz CT molecular complexity index is 907. The van der Waals surface area contributed by atoms with Gasteiger partial charge in [-0.1, -0.05) is 60.7 Å². The molecule has 0 bridgehead atoms. The summed E-state index contributed by atoms with van der Waals surface area (Å²) in [6, 6.07) is 24.0. The fourth-order valence-electron chi connectivity index (χ4n) is 2.85. The molecule has 0 aliphatic carbocycles. The number of hydrogen-bond acceptors (Lipinski definition) is 3. The Morgan fingerprint density at radius 1 is 0.759 bits per heavy atom. The number of benzene rings is 3. The number of carbonyl (C=O) groups is 2. The minimum absolute atomic E-state index is 0.354. The lowest BCUT2D eigenvalue weighted by molar-refractivity contribution is -0.133. The fraction of sp³-hybridized carbons (Fsp3) is 0.130. The Kier molecular flexibility index (Phi) is 6.58. The summed E-state index contributed by atoms with van der Waals surface area (Å²) in [5.74, 6) is -1.51. The zero-order chi connectivity index (χ0) is 20.6. The Morgan fingerprint density at radius 3 is 1.76 bits per heavy atom. The third kappa shape index (κ3) is 5.42. The highest BCUT2D eigenvalue weighted by molar-refractivity contribution is 5.90. The molecule has 0 heterocycles. The van der Waals surface area contributed by atoms with Crippen LogP contribution in [0.15, 0.2) is 84.9 Å². The van der Waals surface area contributed by atoms with E-state index >= 15 is 0 Å². The molecule has 2 N–H and O–H groups in total. The van der Waals surface area contributed by atoms with Crippen molar-refractivity contribution in [2.75, 3.05) is 0 Å². The van der Waals surface area contributed by atoms with Crippen molar-refractivity contribution >= 4 is 11.8 Å². The third-order valence-corrected chi connectivity index (χ3v) is 4.33. The first-order chi connectivity index (χ1) is 14.0. The van der Waals surface area contributed by atoms with Crippen LogP contribution in [-0.4, -0.2) is 17.9 Å². The quantitative estimate of drug-likeness (QED) is 0.630. The van der Waals surface area contributed by atoms with Crippen molar-refractivity contribution in [3.8, 4) is 5.75 Å². The number of amides is 2. The number of carbonyl (C=O) groups excluding carboxylic acids is 2. The number of hydrazine groups is 1. The summed E-state index contributed by atoms with van der Waals surface area (Å²) < 4.78 is 18.4. The second kappa shape index (κ2) is 9.50. The summed E-state index contributed by atoms with van der Waals surface area (Å²) in [5.41, 5.74) is 6.49. The van der Waals surface area contributed by atoms with Crippen molar-refractivity contribution in [2.24, 2.45) is 0 Å². The van der Waals surface area contributed by atoms with Gasteiger partial charge in [0.25, 0.3) is 5.91 Å². The van der Waals surface area contributed by atoms with Gasteiger partial charge < -0.3 is 4.74 Å². The van der Waals surface area contributed by atoms with Crippen molar-refractivity contribution in [1.29, 1.82) is 0 Å². The molecule has 0 spiro atoms. The first-order valence-corrected chi connectivity index (χ1v) is 9.16. The van der Waals surface area contributed by atoms with E-state index in [4.69, 9.17) is 4.74 Å². The summed E-state index contributed by atoms with van der Waals surface area (Å²) >= 11 is 0. The van der Waals surface area contributed by atoms with E-state index in [0.29, 0.717) is 5.75 Å². The highest BCUT2D eigenvalue weighted by Gasteiger charge is 2.24. The van der Waals surface area contributed by atoms with Crippen LogP contribution in [0.3, 0.4) is 0 Å². The molecule has 3 aromatic rings. The van der Waals surface area contributed by atoms with Crippen LogP contribution < -0.4 is 15.6 Å². The van der Waals surface area contributed by atoms with Crippen LogP contribution in [0, 0.1) is 5.82 Å². The van der Waals surface area contributed by atoms with Gasteiger partial charge in [0.05, 0.1) is 5.92 Å². The number of rotatable bonds is 6. The van der Waals surface area contributed by atoms with Gasteiger partial charge in [-0.2, -0.15) is 0 Å². The molecule has 0 fully saturated rings. The number of ether oxygens (including phenoxy) is 1. The highest BCUT2D eigenvalue weighted by atomic mass is 19.1. The number of hydrogen-bond donors (Lipinski definition) is 2. The van der Waals surface area contributed by atoms with Crippen LogP contribution in [-0.2, 0) is 9.59 Å². The first kappa shape index (κ1) is 20.1. The van der Waals surface area contributed by atoms with Gasteiger partial charge in [-0.05, 0) is 42.3 Å². The van der Waals surface area contributed by atoms with Gasteiger partial charge in [0.1, 0.15) is 11.6 Å². The summed E-state index contributed by atoms with van der Waals surface area (Å²) in [6.45, 7) is 1.54. The maximum Gasteiger partial charge on any atom is 0.279 e. The van der Waals surface area contributed by atoms with Crippen molar-refractivity contribution in [3.63, 3.8) is 0 Å². The van der Waals surface area contributed by atoms with Gasteiger partial charge in [-0.25, -0.2) is 4.39 Å². The lowest BCUT2D eigenvalue weighted by Gasteiger charge is -2.19. The molecule has 0 aliphatic rings. The molecule has 29 heavy (non-hydrogen) atoms. The average Bonchev–Trinajstić information content (AvgIpc) is 2.75. The highest BCUT2D eigenvalue weighted by Crippen LogP contribution is 2.24. The lowest BCUT2D eigenvalue weighted by atomic mass is 9.91. The Balaban J connectivity index is 1.65. The van der Waals surface area contributed by atoms with Crippen LogP contribution in [0.1, 0.15) is 24.0 Å². The van der Waals surface area contributed by atoms with Crippen molar-refractivity contribution in [1.82, 2.24) is 10.9 Å². The Hall–Kier alpha value is -3.67. The standard InChI is InChI=1S/C23H21FN2O3/c1-16(29-20-14-12-19(24)13-15-20)22(27)25-26-23(28)21(17-8-4-2-5-9-17)18-10-6-3-7-11-18/h2-16,21H,1H3,(H,25,27)(H,26,28)/t16-/m1/s1. The maximum atomic E-state index is 13.0. The third-order valence-electron chi connectivity index (χ3n) is 4.33. The van der Waals surface area contributed by atoms with Crippen molar-refractivity contribution in [2.45, 2.75) is 18.9 Å². The van der Waals surface area contributed by atoms with Crippen LogP contribution in [0.4, 0.5) is 4.39 Å². The van der Waals surface area contributed by atoms with Crippen LogP contribution in [0.5, 0.6) is 5.75 Å². The van der Waals surface area contributed by atoms with Crippen LogP contribution in [0.2, 0.25) is 0 Å². The number of nitrogens with one attached hydrogen (secondary N) is 2. The van der Waals surface area contributed by atoms with Crippen LogP contribution in [0.25, 0.3) is 0 Å². The molecule has 1 atom stereocenters. The van der Waals surface area contributed by atoms with Gasteiger partial charge in [0.15, 0.2) is 6.10 Å². The molecule has 6 heteroatoms. The summed E-state index contributed by atoms with van der Waals surface area (Å²) in [7, 11) is 0. The topological polar surface area (TPSA) is 67.4 Å². The fourth-order valence-corrected chi connectivity index (χ4v) is 2.85. The largest absolute Gasteiger partial charge is 0.481 e. The average molecular weight is 392 g/mol. The molecule has 2 amide bonds. The van der Waals surface area contributed by atoms with E-state index in [1.807, 2.05) is 60.7 Å². The minimum atomic E-state index is -0.882. The van der Waals surface area contributed by atoms with E-state index in [-0.39, 0.29) is 5.91 Å². The van der Waals surface area contributed by atoms with E-state index in [2.05, 4.69) is 10.9 Å². The molecule has 0 saturated carbocycles. The molecular formula is C23H21FN2O3. The smallest absolute Gasteiger partial charge is 0.279 e. The molecule has 5 nitrogen and oxygen atoms in total. The van der Waals surface area contributed by atoms with Gasteiger partial charge in [-0.3, -0.25) is 20.4 Å². The summed E-state index contributed by atoms with van der Waals surface area (Å²) in [4.78, 5) is 25.1. The Morgan fingerprint density at radius 2 is 1.24 bits per heavy atom. The minimum Gasteiger partial charge on any atom is -0.481 e.